The molecule has 4 radical (unpaired) electrons. The van der Waals surface area contributed by atoms with Gasteiger partial charge in [0, 0.05) is 14.8 Å². The molecule has 0 aliphatic heterocycles. The largest absolute Gasteiger partial charge is 6.00 e. The van der Waals surface area contributed by atoms with Crippen LogP contribution in [0.15, 0.2) is 18.2 Å². The van der Waals surface area contributed by atoms with Crippen molar-refractivity contribution in [2.24, 2.45) is 0 Å². The van der Waals surface area contributed by atoms with Gasteiger partial charge < -0.3 is 37.1 Å². The first-order valence-corrected chi connectivity index (χ1v) is 3.50. The molecule has 0 saturated carbocycles. The zero-order chi connectivity index (χ0) is 7.66. The van der Waals surface area contributed by atoms with Crippen LogP contribution in [0.1, 0.15) is 13.3 Å². The van der Waals surface area contributed by atoms with E-state index in [0.29, 0.717) is 0 Å². The van der Waals surface area contributed by atoms with E-state index in [0.717, 1.165) is 12.7 Å². The molecule has 16 heavy (non-hydrogen) atoms. The molecule has 0 saturated heterocycles. The van der Waals surface area contributed by atoms with E-state index in [4.69, 9.17) is 7.74 Å². The van der Waals surface area contributed by atoms with Crippen molar-refractivity contribution >= 4 is 22.0 Å². The first kappa shape index (κ1) is 44.2. The molecule has 0 fully saturated rings. The van der Waals surface area contributed by atoms with E-state index in [2.05, 4.69) is 12.2 Å². The topological polar surface area (TPSA) is 0 Å². The minimum absolute atomic E-state index is 0. The van der Waals surface area contributed by atoms with Crippen molar-refractivity contribution in [2.75, 3.05) is 0 Å². The average Bonchev–Trinajstić information content (AvgIpc) is 2.44. The van der Waals surface area contributed by atoms with Crippen LogP contribution in [-0.4, -0.2) is 22.0 Å². The molecule has 0 aromatic heterocycles. The number of hydrogen-bond donors (Lipinski definition) is 0. The summed E-state index contributed by atoms with van der Waals surface area (Å²) in [6.45, 7) is 2.04. The average molecular weight is 258 g/mol. The van der Waals surface area contributed by atoms with Crippen molar-refractivity contribution in [1.82, 2.24) is 0 Å². The maximum atomic E-state index is 4.96. The Labute approximate surface area is 120 Å². The van der Waals surface area contributed by atoms with E-state index in [1.54, 1.807) is 7.06 Å². The van der Waals surface area contributed by atoms with Gasteiger partial charge in [-0.1, -0.05) is 13.2 Å². The summed E-state index contributed by atoms with van der Waals surface area (Å²) in [6.07, 6.45) is 11.0. The van der Waals surface area contributed by atoms with Gasteiger partial charge in [-0.05, 0) is 0 Å². The Kier molecular flexibility index (Phi) is 126. The van der Waals surface area contributed by atoms with Crippen LogP contribution in [0.3, 0.4) is 0 Å². The van der Waals surface area contributed by atoms with Crippen LogP contribution >= 0.6 is 0 Å². The fraction of sp³-hybridized carbons (Fsp3) is 0.250. The molecular formula is C12H25B3Fe. The predicted molar refractivity (Wildman–Crippen MR) is 81.4 cm³/mol. The molecule has 0 aromatic rings. The Hall–Kier alpha value is 0.194. The second-order valence-electron chi connectivity index (χ2n) is 1.84. The van der Waals surface area contributed by atoms with Crippen LogP contribution in [0, 0.1) is 43.2 Å². The Morgan fingerprint density at radius 3 is 1.75 bits per heavy atom. The van der Waals surface area contributed by atoms with E-state index in [9.17, 15) is 0 Å². The minimum atomic E-state index is 0. The minimum Gasteiger partial charge on any atom is -0.358 e. The van der Waals surface area contributed by atoms with E-state index < -0.39 is 0 Å². The van der Waals surface area contributed by atoms with Gasteiger partial charge in [-0.3, -0.25) is 6.08 Å². The fourth-order valence-electron chi connectivity index (χ4n) is 0.476. The van der Waals surface area contributed by atoms with Crippen molar-refractivity contribution in [3.63, 3.8) is 0 Å². The van der Waals surface area contributed by atoms with Gasteiger partial charge in [0.2, 0.25) is 0 Å². The summed E-state index contributed by atoms with van der Waals surface area (Å²) in [5, 5.41) is 0. The molecule has 0 bridgehead atoms. The van der Waals surface area contributed by atoms with Crippen molar-refractivity contribution < 1.29 is 17.1 Å². The second-order valence-corrected chi connectivity index (χ2v) is 1.84. The molecule has 0 unspecified atom stereocenters. The van der Waals surface area contributed by atoms with Gasteiger partial charge in [-0.15, -0.1) is 6.42 Å². The monoisotopic (exact) mass is 258 g/mol. The van der Waals surface area contributed by atoms with Gasteiger partial charge in [0.1, 0.15) is 0 Å². The van der Waals surface area contributed by atoms with Crippen LogP contribution < -0.4 is 0 Å². The summed E-state index contributed by atoms with van der Waals surface area (Å²) in [4.78, 5) is 0. The van der Waals surface area contributed by atoms with Crippen molar-refractivity contribution in [3.8, 4) is 0 Å². The number of hydrogen-bond acceptors (Lipinski definition) is 0. The standard InChI is InChI=1S/C5H5.C2H5B3.5CH3.Fe/c1-2-4-5-3-1;1-2-4-5-3;;;;;;/h1-3H,4H2;2H2,1H3;5*1H3;/q-1;;5*-1;+6. The molecule has 1 rings (SSSR count). The van der Waals surface area contributed by atoms with Crippen molar-refractivity contribution in [2.45, 2.75) is 19.7 Å². The molecule has 1 aliphatic carbocycles. The van der Waals surface area contributed by atoms with Gasteiger partial charge >= 0.3 is 17.1 Å². The molecule has 4 heteroatoms. The SMILES string of the molecule is [B][B][B]CC.[C-]1=CC=CC1.[CH3-].[CH3-].[CH3-].[CH3-].[CH3-].[Fe+6]. The molecule has 0 aromatic carbocycles. The molecule has 0 N–H and O–H groups in total. The molecule has 0 atom stereocenters. The fourth-order valence-corrected chi connectivity index (χ4v) is 0.476. The summed E-state index contributed by atoms with van der Waals surface area (Å²) >= 11 is 0. The Morgan fingerprint density at radius 1 is 1.19 bits per heavy atom. The van der Waals surface area contributed by atoms with E-state index in [1.165, 1.54) is 0 Å². The van der Waals surface area contributed by atoms with Gasteiger partial charge in [0.05, 0.1) is 7.17 Å². The molecular weight excluding hydrogens is 232 g/mol. The summed E-state index contributed by atoms with van der Waals surface area (Å²) in [6, 6.07) is 0. The van der Waals surface area contributed by atoms with Gasteiger partial charge in [0.25, 0.3) is 0 Å². The zero-order valence-electron chi connectivity index (χ0n) is 11.7. The predicted octanol–water partition coefficient (Wildman–Crippen LogP) is 3.39. The molecule has 0 nitrogen and oxygen atoms in total. The van der Waals surface area contributed by atoms with Crippen LogP contribution in [0.5, 0.6) is 0 Å². The third-order valence-electron chi connectivity index (χ3n) is 0.958. The summed E-state index contributed by atoms with van der Waals surface area (Å²) in [7, 11) is 8.42. The van der Waals surface area contributed by atoms with E-state index in [-0.39, 0.29) is 54.2 Å². The third-order valence-corrected chi connectivity index (χ3v) is 0.958. The van der Waals surface area contributed by atoms with Gasteiger partial charge in [0.15, 0.2) is 0 Å². The van der Waals surface area contributed by atoms with Gasteiger partial charge in [-0.2, -0.15) is 6.08 Å². The number of allylic oxidation sites excluding steroid dienone is 4. The van der Waals surface area contributed by atoms with Gasteiger partial charge in [-0.25, -0.2) is 12.2 Å². The zero-order valence-corrected chi connectivity index (χ0v) is 12.8. The summed E-state index contributed by atoms with van der Waals surface area (Å²) in [5.74, 6) is 0. The molecule has 90 valence electrons. The number of rotatable bonds is 2. The first-order valence-electron chi connectivity index (χ1n) is 3.50. The molecule has 0 heterocycles. The molecule has 0 amide bonds. The third kappa shape index (κ3) is 47.7. The summed E-state index contributed by atoms with van der Waals surface area (Å²) < 4.78 is 0. The van der Waals surface area contributed by atoms with E-state index >= 15 is 0 Å². The van der Waals surface area contributed by atoms with Crippen molar-refractivity contribution in [3.05, 3.63) is 61.4 Å². The smallest absolute Gasteiger partial charge is 0.358 e. The Morgan fingerprint density at radius 2 is 1.69 bits per heavy atom. The van der Waals surface area contributed by atoms with Crippen LogP contribution in [0.4, 0.5) is 0 Å². The van der Waals surface area contributed by atoms with Crippen LogP contribution in [-0.2, 0) is 17.1 Å². The maximum absolute atomic E-state index is 4.96. The van der Waals surface area contributed by atoms with Crippen LogP contribution in [0.25, 0.3) is 0 Å². The van der Waals surface area contributed by atoms with E-state index in [1.807, 2.05) is 26.2 Å². The Balaban J connectivity index is -0.0000000147. The first-order chi connectivity index (χ1) is 4.91. The second kappa shape index (κ2) is 45.6. The quantitative estimate of drug-likeness (QED) is 0.525. The van der Waals surface area contributed by atoms with Crippen LogP contribution in [0.2, 0.25) is 6.32 Å². The molecule has 0 spiro atoms. The maximum Gasteiger partial charge on any atom is 6.00 e. The molecule has 1 aliphatic rings. The normalized spacial score (nSPS) is 7.56. The summed E-state index contributed by atoms with van der Waals surface area (Å²) in [5.41, 5.74) is 0. The van der Waals surface area contributed by atoms with Crippen molar-refractivity contribution in [1.29, 1.82) is 0 Å². The Bertz CT molecular complexity index is 103.